The van der Waals surface area contributed by atoms with Crippen LogP contribution in [-0.2, 0) is 10.8 Å². The second-order valence-electron chi connectivity index (χ2n) is 22.3. The molecular weight excluding hydrogens is 935 g/mol. The van der Waals surface area contributed by atoms with Crippen LogP contribution in [0, 0.1) is 0 Å². The van der Waals surface area contributed by atoms with Crippen LogP contribution in [0.25, 0.3) is 22.3 Å². The van der Waals surface area contributed by atoms with Crippen molar-refractivity contribution in [2.24, 2.45) is 0 Å². The highest BCUT2D eigenvalue weighted by atomic mass is 16.5. The largest absolute Gasteiger partial charge is 0.457 e. The summed E-state index contributed by atoms with van der Waals surface area (Å²) < 4.78 is 14.2. The van der Waals surface area contributed by atoms with Crippen molar-refractivity contribution in [3.8, 4) is 45.3 Å². The van der Waals surface area contributed by atoms with Crippen molar-refractivity contribution >= 4 is 17.1 Å². The van der Waals surface area contributed by atoms with E-state index in [-0.39, 0.29) is 0 Å². The van der Waals surface area contributed by atoms with E-state index in [0.29, 0.717) is 11.8 Å². The number of fused-ring (bicyclic) bond motifs is 11. The summed E-state index contributed by atoms with van der Waals surface area (Å²) in [6.07, 6.45) is 12.7. The van der Waals surface area contributed by atoms with Gasteiger partial charge in [-0.15, -0.1) is 0 Å². The molecule has 1 spiro atoms. The summed E-state index contributed by atoms with van der Waals surface area (Å²) in [5, 5.41) is 0. The molecule has 0 atom stereocenters. The van der Waals surface area contributed by atoms with Gasteiger partial charge in [0, 0.05) is 39.3 Å². The molecule has 3 heteroatoms. The quantitative estimate of drug-likeness (QED) is 0.151. The lowest BCUT2D eigenvalue weighted by molar-refractivity contribution is 0.424. The van der Waals surface area contributed by atoms with Crippen molar-refractivity contribution in [1.82, 2.24) is 0 Å². The van der Waals surface area contributed by atoms with Crippen molar-refractivity contribution in [2.75, 3.05) is 4.90 Å². The number of ether oxygens (including phenoxy) is 2. The Morgan fingerprint density at radius 2 is 0.727 bits per heavy atom. The molecule has 5 aliphatic rings. The van der Waals surface area contributed by atoms with Crippen LogP contribution in [0.4, 0.5) is 17.1 Å². The molecule has 15 rings (SSSR count). The van der Waals surface area contributed by atoms with Gasteiger partial charge >= 0.3 is 0 Å². The molecule has 0 bridgehead atoms. The Hall–Kier alpha value is -8.40. The van der Waals surface area contributed by atoms with Gasteiger partial charge in [-0.1, -0.05) is 214 Å². The maximum Gasteiger partial charge on any atom is 0.132 e. The van der Waals surface area contributed by atoms with E-state index >= 15 is 0 Å². The number of anilines is 3. The first-order valence-electron chi connectivity index (χ1n) is 28.4. The van der Waals surface area contributed by atoms with Gasteiger partial charge in [-0.3, -0.25) is 0 Å². The summed E-state index contributed by atoms with van der Waals surface area (Å²) in [5.41, 5.74) is 19.5. The maximum absolute atomic E-state index is 7.19. The highest BCUT2D eigenvalue weighted by Gasteiger charge is 2.52. The van der Waals surface area contributed by atoms with Gasteiger partial charge in [0.05, 0.1) is 10.8 Å². The molecule has 3 nitrogen and oxygen atoms in total. The van der Waals surface area contributed by atoms with Crippen LogP contribution in [0.15, 0.2) is 237 Å². The SMILES string of the molecule is c1ccc(-c2ccc(N(c3ccc4c(c3)C(c3ccccc3)(c3ccccc3)c3ccccc3O4)c3ccc4c(c3)C3(c5cc(C6CCCCC6)ccc5Oc5ccc(C6CCCCC6)cc53)c3ccccc3-4)cc2)cc1. The van der Waals surface area contributed by atoms with E-state index in [1.165, 1.54) is 131 Å². The highest BCUT2D eigenvalue weighted by Crippen LogP contribution is 2.64. The third-order valence-corrected chi connectivity index (χ3v) is 18.3. The average molecular weight is 996 g/mol. The molecule has 0 N–H and O–H groups in total. The smallest absolute Gasteiger partial charge is 0.132 e. The van der Waals surface area contributed by atoms with Crippen molar-refractivity contribution in [3.05, 3.63) is 292 Å². The first-order valence-corrected chi connectivity index (χ1v) is 28.4. The summed E-state index contributed by atoms with van der Waals surface area (Å²) in [5.74, 6) is 4.70. The number of rotatable bonds is 8. The van der Waals surface area contributed by atoms with Gasteiger partial charge in [0.15, 0.2) is 0 Å². The van der Waals surface area contributed by atoms with E-state index in [1.54, 1.807) is 0 Å². The Morgan fingerprint density at radius 3 is 1.32 bits per heavy atom. The van der Waals surface area contributed by atoms with Crippen molar-refractivity contribution in [2.45, 2.75) is 86.9 Å². The van der Waals surface area contributed by atoms with Gasteiger partial charge in [-0.25, -0.2) is 0 Å². The van der Waals surface area contributed by atoms with Crippen molar-refractivity contribution < 1.29 is 9.47 Å². The molecule has 2 fully saturated rings. The molecule has 10 aromatic carbocycles. The van der Waals surface area contributed by atoms with Crippen LogP contribution in [-0.4, -0.2) is 0 Å². The topological polar surface area (TPSA) is 21.7 Å². The minimum Gasteiger partial charge on any atom is -0.457 e. The second kappa shape index (κ2) is 18.7. The first-order chi connectivity index (χ1) is 38.2. The lowest BCUT2D eigenvalue weighted by Gasteiger charge is -2.42. The lowest BCUT2D eigenvalue weighted by Crippen LogP contribution is -2.34. The molecular formula is C74H61NO2. The maximum atomic E-state index is 7.19. The summed E-state index contributed by atoms with van der Waals surface area (Å²) in [6.45, 7) is 0. The molecule has 2 heterocycles. The summed E-state index contributed by atoms with van der Waals surface area (Å²) in [6, 6.07) is 88.6. The monoisotopic (exact) mass is 995 g/mol. The predicted octanol–water partition coefficient (Wildman–Crippen LogP) is 19.9. The number of hydrogen-bond acceptors (Lipinski definition) is 3. The van der Waals surface area contributed by atoms with E-state index in [9.17, 15) is 0 Å². The summed E-state index contributed by atoms with van der Waals surface area (Å²) in [7, 11) is 0. The van der Waals surface area contributed by atoms with Crippen LogP contribution in [0.2, 0.25) is 0 Å². The molecule has 2 aliphatic heterocycles. The molecule has 77 heavy (non-hydrogen) atoms. The normalized spacial score (nSPS) is 16.6. The fourth-order valence-corrected chi connectivity index (χ4v) is 14.7. The zero-order valence-corrected chi connectivity index (χ0v) is 43.5. The van der Waals surface area contributed by atoms with Gasteiger partial charge < -0.3 is 14.4 Å². The van der Waals surface area contributed by atoms with E-state index < -0.39 is 10.8 Å². The van der Waals surface area contributed by atoms with Gasteiger partial charge in [0.25, 0.3) is 0 Å². The Balaban J connectivity index is 0.990. The molecule has 0 aromatic heterocycles. The Morgan fingerprint density at radius 1 is 0.299 bits per heavy atom. The van der Waals surface area contributed by atoms with Crippen LogP contribution in [0.5, 0.6) is 23.0 Å². The van der Waals surface area contributed by atoms with E-state index in [2.05, 4.69) is 241 Å². The standard InChI is InChI=1S/C74H61NO2/c1-6-20-50(21-7-1)53-34-38-58(39-35-53)75(60-41-45-72-68(49-60)73(56-26-12-4-13-27-56,57-28-14-5-15-29-57)64-32-18-19-33-69(64)76-72)59-40-42-62-61-30-16-17-31-63(61)74(65(62)48-59)66-46-54(51-22-8-2-9-23-51)36-43-70(66)77-71-44-37-55(47-67(71)74)52-24-10-3-11-25-52/h1,4-7,12-21,26-49,51-52H,2-3,8-11,22-25H2. The molecule has 0 unspecified atom stereocenters. The van der Waals surface area contributed by atoms with Crippen molar-refractivity contribution in [1.29, 1.82) is 0 Å². The minimum absolute atomic E-state index is 0.539. The molecule has 3 aliphatic carbocycles. The van der Waals surface area contributed by atoms with E-state index in [1.807, 2.05) is 0 Å². The Kier molecular flexibility index (Phi) is 11.2. The van der Waals surface area contributed by atoms with Gasteiger partial charge in [0.1, 0.15) is 23.0 Å². The number of nitrogens with zero attached hydrogens (tertiary/aromatic N) is 1. The Labute approximate surface area is 453 Å². The molecule has 10 aromatic rings. The number of benzene rings is 10. The number of hydrogen-bond donors (Lipinski definition) is 0. The zero-order valence-electron chi connectivity index (χ0n) is 43.5. The van der Waals surface area contributed by atoms with Crippen LogP contribution in [0.3, 0.4) is 0 Å². The van der Waals surface area contributed by atoms with E-state index in [0.717, 1.165) is 51.2 Å². The summed E-state index contributed by atoms with van der Waals surface area (Å²) >= 11 is 0. The lowest BCUT2D eigenvalue weighted by atomic mass is 9.63. The van der Waals surface area contributed by atoms with Crippen LogP contribution >= 0.6 is 0 Å². The second-order valence-corrected chi connectivity index (χ2v) is 22.3. The van der Waals surface area contributed by atoms with Gasteiger partial charge in [-0.2, -0.15) is 0 Å². The van der Waals surface area contributed by atoms with Crippen LogP contribution in [0.1, 0.15) is 132 Å². The molecule has 0 radical (unpaired) electrons. The highest BCUT2D eigenvalue weighted by molar-refractivity contribution is 5.92. The van der Waals surface area contributed by atoms with Crippen molar-refractivity contribution in [3.63, 3.8) is 0 Å². The van der Waals surface area contributed by atoms with Gasteiger partial charge in [0.2, 0.25) is 0 Å². The van der Waals surface area contributed by atoms with E-state index in [4.69, 9.17) is 9.47 Å². The van der Waals surface area contributed by atoms with Crippen LogP contribution < -0.4 is 14.4 Å². The average Bonchev–Trinajstić information content (AvgIpc) is 4.06. The third-order valence-electron chi connectivity index (χ3n) is 18.3. The fraction of sp³-hybridized carbons (Fsp3) is 0.189. The predicted molar refractivity (Wildman–Crippen MR) is 314 cm³/mol. The molecule has 2 saturated carbocycles. The van der Waals surface area contributed by atoms with Gasteiger partial charge in [-0.05, 0) is 154 Å². The Bertz CT molecular complexity index is 3720. The number of para-hydroxylation sites is 1. The summed E-state index contributed by atoms with van der Waals surface area (Å²) in [4.78, 5) is 2.49. The molecule has 0 amide bonds. The fourth-order valence-electron chi connectivity index (χ4n) is 14.7. The third kappa shape index (κ3) is 7.30. The molecule has 374 valence electrons. The molecule has 0 saturated heterocycles. The first kappa shape index (κ1) is 45.9. The minimum atomic E-state index is -0.684. The zero-order chi connectivity index (χ0) is 50.9.